The van der Waals surface area contributed by atoms with Gasteiger partial charge in [-0.1, -0.05) is 31.5 Å². The van der Waals surface area contributed by atoms with Gasteiger partial charge in [-0.25, -0.2) is 4.39 Å². The van der Waals surface area contributed by atoms with Crippen molar-refractivity contribution < 1.29 is 9.50 Å². The van der Waals surface area contributed by atoms with E-state index in [9.17, 15) is 9.50 Å². The largest absolute Gasteiger partial charge is 0.396 e. The first-order chi connectivity index (χ1) is 7.31. The maximum atomic E-state index is 13.7. The number of hydrogen-bond acceptors (Lipinski definition) is 2. The zero-order valence-electron chi connectivity index (χ0n) is 10.1. The molecule has 2 nitrogen and oxygen atoms in total. The van der Waals surface area contributed by atoms with Gasteiger partial charge in [-0.2, -0.15) is 0 Å². The number of hydrogen-bond donors (Lipinski definition) is 2. The highest BCUT2D eigenvalue weighted by molar-refractivity contribution is 6.32. The molecule has 1 aromatic carbocycles. The van der Waals surface area contributed by atoms with Crippen LogP contribution >= 0.6 is 24.0 Å². The molecule has 5 heteroatoms. The van der Waals surface area contributed by atoms with Crippen LogP contribution in [0.2, 0.25) is 5.02 Å². The van der Waals surface area contributed by atoms with Crippen molar-refractivity contribution in [1.82, 2.24) is 0 Å². The van der Waals surface area contributed by atoms with Crippen molar-refractivity contribution >= 4 is 24.0 Å². The molecule has 98 valence electrons. The summed E-state index contributed by atoms with van der Waals surface area (Å²) in [6.07, 6.45) is 0. The van der Waals surface area contributed by atoms with E-state index in [-0.39, 0.29) is 24.6 Å². The van der Waals surface area contributed by atoms with Crippen LogP contribution < -0.4 is 5.73 Å². The molecule has 1 atom stereocenters. The molecule has 0 aliphatic heterocycles. The normalized spacial score (nSPS) is 13.1. The zero-order valence-corrected chi connectivity index (χ0v) is 11.7. The van der Waals surface area contributed by atoms with Crippen molar-refractivity contribution in [3.63, 3.8) is 0 Å². The SMILES string of the molecule is Cc1ccc(F)c([C@H](N)C(C)(C)CO)c1Cl.Cl. The van der Waals surface area contributed by atoms with Gasteiger partial charge in [-0.05, 0) is 18.6 Å². The Hall–Kier alpha value is -0.350. The number of aryl methyl sites for hydroxylation is 1. The van der Waals surface area contributed by atoms with Crippen LogP contribution in [0.4, 0.5) is 4.39 Å². The van der Waals surface area contributed by atoms with E-state index >= 15 is 0 Å². The summed E-state index contributed by atoms with van der Waals surface area (Å²) in [4.78, 5) is 0. The number of halogens is 3. The Bertz CT molecular complexity index is 396. The van der Waals surface area contributed by atoms with Gasteiger partial charge in [0.15, 0.2) is 0 Å². The Morgan fingerprint density at radius 2 is 2.00 bits per heavy atom. The molecule has 0 radical (unpaired) electrons. The molecule has 0 unspecified atom stereocenters. The maximum Gasteiger partial charge on any atom is 0.129 e. The van der Waals surface area contributed by atoms with Crippen LogP contribution in [0, 0.1) is 18.2 Å². The van der Waals surface area contributed by atoms with Gasteiger partial charge in [0, 0.05) is 23.6 Å². The molecule has 0 aromatic heterocycles. The Morgan fingerprint density at radius 3 is 2.47 bits per heavy atom. The van der Waals surface area contributed by atoms with Crippen LogP contribution in [0.1, 0.15) is 31.0 Å². The lowest BCUT2D eigenvalue weighted by Crippen LogP contribution is -2.33. The third kappa shape index (κ3) is 3.32. The molecule has 0 spiro atoms. The van der Waals surface area contributed by atoms with Gasteiger partial charge in [-0.3, -0.25) is 0 Å². The molecular formula is C12H18Cl2FNO. The lowest BCUT2D eigenvalue weighted by molar-refractivity contribution is 0.131. The van der Waals surface area contributed by atoms with Gasteiger partial charge in [0.25, 0.3) is 0 Å². The van der Waals surface area contributed by atoms with Gasteiger partial charge in [0.05, 0.1) is 5.02 Å². The second kappa shape index (κ2) is 6.01. The van der Waals surface area contributed by atoms with Gasteiger partial charge in [0.1, 0.15) is 5.82 Å². The zero-order chi connectivity index (χ0) is 12.5. The number of aliphatic hydroxyl groups is 1. The molecule has 3 N–H and O–H groups in total. The molecule has 0 aliphatic carbocycles. The minimum absolute atomic E-state index is 0. The van der Waals surface area contributed by atoms with Crippen molar-refractivity contribution in [2.75, 3.05) is 6.61 Å². The highest BCUT2D eigenvalue weighted by atomic mass is 35.5. The predicted molar refractivity (Wildman–Crippen MR) is 71.2 cm³/mol. The summed E-state index contributed by atoms with van der Waals surface area (Å²) in [6, 6.07) is 2.33. The molecule has 0 bridgehead atoms. The quantitative estimate of drug-likeness (QED) is 0.894. The van der Waals surface area contributed by atoms with E-state index in [2.05, 4.69) is 0 Å². The average molecular weight is 282 g/mol. The summed E-state index contributed by atoms with van der Waals surface area (Å²) in [5, 5.41) is 9.57. The fraction of sp³-hybridized carbons (Fsp3) is 0.500. The number of aliphatic hydroxyl groups excluding tert-OH is 1. The summed E-state index contributed by atoms with van der Waals surface area (Å²) >= 11 is 6.05. The molecule has 1 aromatic rings. The van der Waals surface area contributed by atoms with Crippen molar-refractivity contribution in [1.29, 1.82) is 0 Å². The van der Waals surface area contributed by atoms with Crippen molar-refractivity contribution in [3.05, 3.63) is 34.1 Å². The van der Waals surface area contributed by atoms with Crippen LogP contribution in [0.15, 0.2) is 12.1 Å². The lowest BCUT2D eigenvalue weighted by Gasteiger charge is -2.30. The molecule has 0 amide bonds. The van der Waals surface area contributed by atoms with E-state index in [0.29, 0.717) is 5.02 Å². The van der Waals surface area contributed by atoms with Gasteiger partial charge >= 0.3 is 0 Å². The fourth-order valence-electron chi connectivity index (χ4n) is 1.45. The molecular weight excluding hydrogens is 264 g/mol. The topological polar surface area (TPSA) is 46.2 Å². The van der Waals surface area contributed by atoms with E-state index in [1.54, 1.807) is 26.8 Å². The summed E-state index contributed by atoms with van der Waals surface area (Å²) < 4.78 is 13.7. The minimum Gasteiger partial charge on any atom is -0.396 e. The van der Waals surface area contributed by atoms with Crippen molar-refractivity contribution in [3.8, 4) is 0 Å². The summed E-state index contributed by atoms with van der Waals surface area (Å²) in [5.41, 5.74) is 6.41. The first kappa shape index (κ1) is 16.6. The van der Waals surface area contributed by atoms with E-state index in [1.165, 1.54) is 6.07 Å². The maximum absolute atomic E-state index is 13.7. The average Bonchev–Trinajstić information content (AvgIpc) is 2.24. The number of nitrogens with two attached hydrogens (primary N) is 1. The third-order valence-corrected chi connectivity index (χ3v) is 3.38. The minimum atomic E-state index is -0.634. The predicted octanol–water partition coefficient (Wildman–Crippen LogP) is 3.23. The lowest BCUT2D eigenvalue weighted by atomic mass is 9.81. The summed E-state index contributed by atoms with van der Waals surface area (Å²) in [5.74, 6) is -0.426. The highest BCUT2D eigenvalue weighted by Crippen LogP contribution is 2.37. The Balaban J connectivity index is 0.00000256. The number of benzene rings is 1. The molecule has 0 saturated heterocycles. The van der Waals surface area contributed by atoms with Crippen LogP contribution in [0.3, 0.4) is 0 Å². The molecule has 0 aliphatic rings. The van der Waals surface area contributed by atoms with Crippen LogP contribution in [-0.2, 0) is 0 Å². The van der Waals surface area contributed by atoms with Crippen LogP contribution in [0.25, 0.3) is 0 Å². The van der Waals surface area contributed by atoms with Crippen LogP contribution in [-0.4, -0.2) is 11.7 Å². The molecule has 1 rings (SSSR count). The third-order valence-electron chi connectivity index (χ3n) is 2.88. The summed E-state index contributed by atoms with van der Waals surface area (Å²) in [6.45, 7) is 5.22. The highest BCUT2D eigenvalue weighted by Gasteiger charge is 2.31. The Morgan fingerprint density at radius 1 is 1.47 bits per heavy atom. The second-order valence-corrected chi connectivity index (χ2v) is 5.09. The van der Waals surface area contributed by atoms with Crippen LogP contribution in [0.5, 0.6) is 0 Å². The standard InChI is InChI=1S/C12H17ClFNO.ClH/c1-7-4-5-8(14)9(10(7)13)11(15)12(2,3)6-16;/h4-5,11,16H,6,15H2,1-3H3;1H/t11-;/m0./s1. The molecule has 0 heterocycles. The van der Waals surface area contributed by atoms with Gasteiger partial charge in [0.2, 0.25) is 0 Å². The fourth-order valence-corrected chi connectivity index (χ4v) is 1.72. The van der Waals surface area contributed by atoms with Crippen molar-refractivity contribution in [2.24, 2.45) is 11.1 Å². The van der Waals surface area contributed by atoms with Gasteiger partial charge < -0.3 is 10.8 Å². The first-order valence-corrected chi connectivity index (χ1v) is 5.50. The Labute approximate surface area is 112 Å². The molecule has 17 heavy (non-hydrogen) atoms. The molecule has 0 saturated carbocycles. The molecule has 0 fully saturated rings. The van der Waals surface area contributed by atoms with E-state index in [1.807, 2.05) is 0 Å². The van der Waals surface area contributed by atoms with E-state index < -0.39 is 17.3 Å². The van der Waals surface area contributed by atoms with E-state index in [0.717, 1.165) is 5.56 Å². The van der Waals surface area contributed by atoms with Gasteiger partial charge in [-0.15, -0.1) is 12.4 Å². The van der Waals surface area contributed by atoms with E-state index in [4.69, 9.17) is 17.3 Å². The number of rotatable bonds is 3. The van der Waals surface area contributed by atoms with Crippen molar-refractivity contribution in [2.45, 2.75) is 26.8 Å². The smallest absolute Gasteiger partial charge is 0.129 e. The summed E-state index contributed by atoms with van der Waals surface area (Å²) in [7, 11) is 0. The Kier molecular flexibility index (Phi) is 5.88. The monoisotopic (exact) mass is 281 g/mol. The second-order valence-electron chi connectivity index (χ2n) is 4.72. The first-order valence-electron chi connectivity index (χ1n) is 5.12.